The van der Waals surface area contributed by atoms with Gasteiger partial charge in [0.15, 0.2) is 18.0 Å². The second-order valence-corrected chi connectivity index (χ2v) is 4.62. The van der Waals surface area contributed by atoms with E-state index in [1.807, 2.05) is 30.3 Å². The fourth-order valence-corrected chi connectivity index (χ4v) is 2.32. The van der Waals surface area contributed by atoms with E-state index in [4.69, 9.17) is 9.47 Å². The monoisotopic (exact) mass is 270 g/mol. The number of hydrogen-bond donors (Lipinski definition) is 1. The number of methoxy groups -OCH3 is 1. The van der Waals surface area contributed by atoms with Gasteiger partial charge in [-0.1, -0.05) is 30.3 Å². The number of ether oxygens (including phenoxy) is 2. The number of Topliss-reactive ketones (excluding diaryl/α,β-unsaturated/α-hetero) is 1. The van der Waals surface area contributed by atoms with Crippen molar-refractivity contribution in [3.8, 4) is 11.5 Å². The van der Waals surface area contributed by atoms with E-state index < -0.39 is 12.2 Å². The molecule has 0 saturated carbocycles. The van der Waals surface area contributed by atoms with Crippen LogP contribution in [0.1, 0.15) is 22.0 Å². The van der Waals surface area contributed by atoms with Gasteiger partial charge in [-0.2, -0.15) is 0 Å². The molecule has 4 heteroatoms. The van der Waals surface area contributed by atoms with Gasteiger partial charge in [-0.25, -0.2) is 0 Å². The van der Waals surface area contributed by atoms with Gasteiger partial charge in [0.05, 0.1) is 12.7 Å². The number of rotatable bonds is 2. The highest BCUT2D eigenvalue weighted by atomic mass is 16.5. The summed E-state index contributed by atoms with van der Waals surface area (Å²) in [4.78, 5) is 12.2. The van der Waals surface area contributed by atoms with Gasteiger partial charge < -0.3 is 14.6 Å². The molecule has 4 nitrogen and oxygen atoms in total. The lowest BCUT2D eigenvalue weighted by molar-refractivity contribution is 0.0215. The summed E-state index contributed by atoms with van der Waals surface area (Å²) in [5, 5.41) is 10.2. The minimum Gasteiger partial charge on any atom is -0.497 e. The van der Waals surface area contributed by atoms with Crippen LogP contribution < -0.4 is 9.47 Å². The zero-order valence-electron chi connectivity index (χ0n) is 10.9. The topological polar surface area (TPSA) is 55.8 Å². The second-order valence-electron chi connectivity index (χ2n) is 4.62. The van der Waals surface area contributed by atoms with Crippen molar-refractivity contribution in [2.75, 3.05) is 7.11 Å². The molecule has 0 bridgehead atoms. The molecular formula is C16H14O4. The number of aliphatic hydroxyl groups is 1. The van der Waals surface area contributed by atoms with Crippen LogP contribution in [0.25, 0.3) is 0 Å². The quantitative estimate of drug-likeness (QED) is 0.910. The molecule has 2 atom stereocenters. The smallest absolute Gasteiger partial charge is 0.199 e. The minimum absolute atomic E-state index is 0.331. The second kappa shape index (κ2) is 4.98. The van der Waals surface area contributed by atoms with E-state index in [1.54, 1.807) is 25.3 Å². The first-order chi connectivity index (χ1) is 9.70. The summed E-state index contributed by atoms with van der Waals surface area (Å²) in [7, 11) is 1.55. The van der Waals surface area contributed by atoms with Crippen molar-refractivity contribution in [2.45, 2.75) is 12.2 Å². The van der Waals surface area contributed by atoms with E-state index in [-0.39, 0.29) is 5.78 Å². The Morgan fingerprint density at radius 3 is 2.60 bits per heavy atom. The zero-order chi connectivity index (χ0) is 14.1. The molecule has 2 aromatic carbocycles. The highest BCUT2D eigenvalue weighted by molar-refractivity contribution is 6.03. The summed E-state index contributed by atoms with van der Waals surface area (Å²) in [6.07, 6.45) is -1.89. The molecular weight excluding hydrogens is 256 g/mol. The van der Waals surface area contributed by atoms with Crippen molar-refractivity contribution in [3.63, 3.8) is 0 Å². The number of benzene rings is 2. The van der Waals surface area contributed by atoms with E-state index >= 15 is 0 Å². The normalized spacial score (nSPS) is 21.0. The fourth-order valence-electron chi connectivity index (χ4n) is 2.32. The van der Waals surface area contributed by atoms with Gasteiger partial charge in [0, 0.05) is 6.07 Å². The lowest BCUT2D eigenvalue weighted by Gasteiger charge is -2.29. The molecule has 20 heavy (non-hydrogen) atoms. The fraction of sp³-hybridized carbons (Fsp3) is 0.188. The van der Waals surface area contributed by atoms with Crippen molar-refractivity contribution >= 4 is 5.78 Å². The Morgan fingerprint density at radius 2 is 1.90 bits per heavy atom. The average Bonchev–Trinajstić information content (AvgIpc) is 2.51. The standard InChI is InChI=1S/C16H14O4/c1-19-11-7-8-12-13(9-11)20-16(15(18)14(12)17)10-5-3-2-4-6-10/h2-9,15-16,18H,1H3/t15-,16+/m0/s1. The van der Waals surface area contributed by atoms with Gasteiger partial charge >= 0.3 is 0 Å². The first-order valence-corrected chi connectivity index (χ1v) is 6.32. The molecule has 0 saturated heterocycles. The molecule has 0 amide bonds. The van der Waals surface area contributed by atoms with Crippen LogP contribution in [0, 0.1) is 0 Å². The first kappa shape index (κ1) is 12.7. The predicted octanol–water partition coefficient (Wildman–Crippen LogP) is 2.37. The van der Waals surface area contributed by atoms with Crippen LogP contribution in [0.4, 0.5) is 0 Å². The summed E-state index contributed by atoms with van der Waals surface area (Å²) >= 11 is 0. The van der Waals surface area contributed by atoms with Gasteiger partial charge in [0.1, 0.15) is 11.5 Å². The number of carbonyl (C=O) groups is 1. The lowest BCUT2D eigenvalue weighted by atomic mass is 9.93. The summed E-state index contributed by atoms with van der Waals surface area (Å²) in [5.74, 6) is 0.719. The summed E-state index contributed by atoms with van der Waals surface area (Å²) < 4.78 is 10.9. The lowest BCUT2D eigenvalue weighted by Crippen LogP contribution is -2.36. The minimum atomic E-state index is -1.20. The summed E-state index contributed by atoms with van der Waals surface area (Å²) in [6.45, 7) is 0. The van der Waals surface area contributed by atoms with Crippen LogP contribution >= 0.6 is 0 Å². The summed E-state index contributed by atoms with van der Waals surface area (Å²) in [6, 6.07) is 14.2. The number of ketones is 1. The molecule has 0 aliphatic carbocycles. The van der Waals surface area contributed by atoms with E-state index in [2.05, 4.69) is 0 Å². The summed E-state index contributed by atoms with van der Waals surface area (Å²) in [5.41, 5.74) is 1.15. The van der Waals surface area contributed by atoms with Crippen molar-refractivity contribution in [2.24, 2.45) is 0 Å². The van der Waals surface area contributed by atoms with Crippen LogP contribution in [0.5, 0.6) is 11.5 Å². The van der Waals surface area contributed by atoms with Gasteiger partial charge in [-0.05, 0) is 17.7 Å². The van der Waals surface area contributed by atoms with Crippen molar-refractivity contribution < 1.29 is 19.4 Å². The van der Waals surface area contributed by atoms with Crippen LogP contribution in [0.2, 0.25) is 0 Å². The molecule has 102 valence electrons. The average molecular weight is 270 g/mol. The van der Waals surface area contributed by atoms with E-state index in [1.165, 1.54) is 0 Å². The van der Waals surface area contributed by atoms with Gasteiger partial charge in [-0.3, -0.25) is 4.79 Å². The SMILES string of the molecule is COc1ccc2c(c1)O[C@H](c1ccccc1)[C@@H](O)C2=O. The van der Waals surface area contributed by atoms with Gasteiger partial charge in [-0.15, -0.1) is 0 Å². The Balaban J connectivity index is 2.03. The molecule has 3 rings (SSSR count). The number of hydrogen-bond acceptors (Lipinski definition) is 4. The van der Waals surface area contributed by atoms with Crippen LogP contribution in [0.3, 0.4) is 0 Å². The van der Waals surface area contributed by atoms with Crippen LogP contribution in [-0.2, 0) is 0 Å². The third kappa shape index (κ3) is 2.04. The zero-order valence-corrected chi connectivity index (χ0v) is 10.9. The molecule has 0 spiro atoms. The highest BCUT2D eigenvalue weighted by Crippen LogP contribution is 2.37. The maximum Gasteiger partial charge on any atom is 0.199 e. The van der Waals surface area contributed by atoms with Gasteiger partial charge in [0.2, 0.25) is 0 Å². The Morgan fingerprint density at radius 1 is 1.15 bits per heavy atom. The first-order valence-electron chi connectivity index (χ1n) is 6.32. The Hall–Kier alpha value is -2.33. The molecule has 1 heterocycles. The third-order valence-electron chi connectivity index (χ3n) is 3.39. The van der Waals surface area contributed by atoms with Crippen molar-refractivity contribution in [3.05, 3.63) is 59.7 Å². The highest BCUT2D eigenvalue weighted by Gasteiger charge is 2.36. The third-order valence-corrected chi connectivity index (χ3v) is 3.39. The Kier molecular flexibility index (Phi) is 3.16. The van der Waals surface area contributed by atoms with E-state index in [9.17, 15) is 9.90 Å². The van der Waals surface area contributed by atoms with Crippen molar-refractivity contribution in [1.82, 2.24) is 0 Å². The molecule has 1 aliphatic heterocycles. The van der Waals surface area contributed by atoms with Crippen molar-refractivity contribution in [1.29, 1.82) is 0 Å². The number of aliphatic hydroxyl groups excluding tert-OH is 1. The number of fused-ring (bicyclic) bond motifs is 1. The molecule has 1 N–H and O–H groups in total. The van der Waals surface area contributed by atoms with Crippen LogP contribution in [0.15, 0.2) is 48.5 Å². The molecule has 0 fully saturated rings. The molecule has 1 aliphatic rings. The molecule has 0 unspecified atom stereocenters. The van der Waals surface area contributed by atoms with E-state index in [0.29, 0.717) is 17.1 Å². The maximum atomic E-state index is 12.2. The number of carbonyl (C=O) groups excluding carboxylic acids is 1. The Labute approximate surface area is 116 Å². The predicted molar refractivity (Wildman–Crippen MR) is 73.1 cm³/mol. The molecule has 0 radical (unpaired) electrons. The van der Waals surface area contributed by atoms with Gasteiger partial charge in [0.25, 0.3) is 0 Å². The van der Waals surface area contributed by atoms with E-state index in [0.717, 1.165) is 5.56 Å². The van der Waals surface area contributed by atoms with Crippen LogP contribution in [-0.4, -0.2) is 24.1 Å². The molecule has 0 aromatic heterocycles. The maximum absolute atomic E-state index is 12.2. The molecule has 2 aromatic rings. The Bertz CT molecular complexity index is 636. The largest absolute Gasteiger partial charge is 0.497 e.